The summed E-state index contributed by atoms with van der Waals surface area (Å²) < 4.78 is 0. The van der Waals surface area contributed by atoms with Gasteiger partial charge in [-0.25, -0.2) is 0 Å². The average molecular weight is 267 g/mol. The van der Waals surface area contributed by atoms with Crippen molar-refractivity contribution in [3.8, 4) is 0 Å². The van der Waals surface area contributed by atoms with E-state index in [-0.39, 0.29) is 5.91 Å². The Balaban J connectivity index is 2.10. The lowest BCUT2D eigenvalue weighted by atomic mass is 9.99. The topological polar surface area (TPSA) is 72.3 Å². The van der Waals surface area contributed by atoms with E-state index in [2.05, 4.69) is 0 Å². The molecule has 0 atom stereocenters. The molecular formula is C16H17N3O. The van der Waals surface area contributed by atoms with Crippen LogP contribution in [0.25, 0.3) is 0 Å². The van der Waals surface area contributed by atoms with Crippen molar-refractivity contribution in [1.82, 2.24) is 0 Å². The summed E-state index contributed by atoms with van der Waals surface area (Å²) in [5.41, 5.74) is 16.1. The number of amides is 1. The van der Waals surface area contributed by atoms with E-state index < -0.39 is 0 Å². The number of anilines is 3. The second-order valence-corrected chi connectivity index (χ2v) is 4.99. The zero-order chi connectivity index (χ0) is 14.1. The molecule has 0 saturated heterocycles. The van der Waals surface area contributed by atoms with Crippen molar-refractivity contribution in [2.75, 3.05) is 10.6 Å². The van der Waals surface area contributed by atoms with Gasteiger partial charge >= 0.3 is 0 Å². The Labute approximate surface area is 118 Å². The first kappa shape index (κ1) is 12.7. The van der Waals surface area contributed by atoms with Gasteiger partial charge in [-0.1, -0.05) is 12.1 Å². The SMILES string of the molecule is NCc1cccc(N2C(=O)CCc3cc(N)ccc32)c1. The highest BCUT2D eigenvalue weighted by molar-refractivity contribution is 6.03. The van der Waals surface area contributed by atoms with Crippen LogP contribution in [-0.2, 0) is 17.8 Å². The summed E-state index contributed by atoms with van der Waals surface area (Å²) in [7, 11) is 0. The molecular weight excluding hydrogens is 250 g/mol. The first-order chi connectivity index (χ1) is 9.69. The lowest BCUT2D eigenvalue weighted by Crippen LogP contribution is -2.30. The molecule has 4 heteroatoms. The Morgan fingerprint density at radius 1 is 1.10 bits per heavy atom. The van der Waals surface area contributed by atoms with Crippen molar-refractivity contribution in [1.29, 1.82) is 0 Å². The zero-order valence-electron chi connectivity index (χ0n) is 11.2. The number of carbonyl (C=O) groups is 1. The minimum Gasteiger partial charge on any atom is -0.399 e. The Kier molecular flexibility index (Phi) is 3.16. The zero-order valence-corrected chi connectivity index (χ0v) is 11.2. The third kappa shape index (κ3) is 2.14. The quantitative estimate of drug-likeness (QED) is 0.820. The highest BCUT2D eigenvalue weighted by Gasteiger charge is 2.25. The van der Waals surface area contributed by atoms with Gasteiger partial charge in [0.25, 0.3) is 0 Å². The standard InChI is InChI=1S/C16H17N3O/c17-10-11-2-1-3-14(8-11)19-15-6-5-13(18)9-12(15)4-7-16(19)20/h1-3,5-6,8-9H,4,7,10,17-18H2. The van der Waals surface area contributed by atoms with Gasteiger partial charge in [0.15, 0.2) is 0 Å². The molecule has 2 aromatic carbocycles. The third-order valence-corrected chi connectivity index (χ3v) is 3.61. The van der Waals surface area contributed by atoms with E-state index in [4.69, 9.17) is 11.5 Å². The molecule has 0 aromatic heterocycles. The van der Waals surface area contributed by atoms with Crippen LogP contribution in [0, 0.1) is 0 Å². The van der Waals surface area contributed by atoms with E-state index in [1.165, 1.54) is 0 Å². The van der Waals surface area contributed by atoms with Crippen LogP contribution in [-0.4, -0.2) is 5.91 Å². The molecule has 102 valence electrons. The summed E-state index contributed by atoms with van der Waals surface area (Å²) in [6.07, 6.45) is 1.25. The van der Waals surface area contributed by atoms with E-state index in [0.29, 0.717) is 13.0 Å². The van der Waals surface area contributed by atoms with Gasteiger partial charge in [-0.3, -0.25) is 9.69 Å². The summed E-state index contributed by atoms with van der Waals surface area (Å²) >= 11 is 0. The lowest BCUT2D eigenvalue weighted by molar-refractivity contribution is -0.118. The van der Waals surface area contributed by atoms with Crippen molar-refractivity contribution < 1.29 is 4.79 Å². The Morgan fingerprint density at radius 2 is 1.95 bits per heavy atom. The molecule has 0 radical (unpaired) electrons. The minimum atomic E-state index is 0.108. The molecule has 0 bridgehead atoms. The molecule has 0 spiro atoms. The van der Waals surface area contributed by atoms with Crippen LogP contribution < -0.4 is 16.4 Å². The molecule has 0 fully saturated rings. The predicted octanol–water partition coefficient (Wildman–Crippen LogP) is 2.34. The Hall–Kier alpha value is -2.33. The second kappa shape index (κ2) is 4.98. The Morgan fingerprint density at radius 3 is 2.75 bits per heavy atom. The molecule has 20 heavy (non-hydrogen) atoms. The molecule has 1 amide bonds. The Bertz CT molecular complexity index is 667. The van der Waals surface area contributed by atoms with Crippen molar-refractivity contribution >= 4 is 23.0 Å². The number of nitrogen functional groups attached to an aromatic ring is 1. The summed E-state index contributed by atoms with van der Waals surface area (Å²) in [5, 5.41) is 0. The summed E-state index contributed by atoms with van der Waals surface area (Å²) in [6, 6.07) is 13.5. The highest BCUT2D eigenvalue weighted by Crippen LogP contribution is 2.35. The number of hydrogen-bond acceptors (Lipinski definition) is 3. The summed E-state index contributed by atoms with van der Waals surface area (Å²) in [6.45, 7) is 0.463. The molecule has 3 rings (SSSR count). The maximum absolute atomic E-state index is 12.3. The van der Waals surface area contributed by atoms with Crippen molar-refractivity contribution in [3.63, 3.8) is 0 Å². The van der Waals surface area contributed by atoms with Gasteiger partial charge in [0, 0.05) is 24.3 Å². The van der Waals surface area contributed by atoms with Gasteiger partial charge in [0.2, 0.25) is 5.91 Å². The molecule has 4 N–H and O–H groups in total. The van der Waals surface area contributed by atoms with Gasteiger partial charge < -0.3 is 11.5 Å². The van der Waals surface area contributed by atoms with E-state index in [1.807, 2.05) is 42.5 Å². The molecule has 0 saturated carbocycles. The number of carbonyl (C=O) groups excluding carboxylic acids is 1. The molecule has 0 aliphatic carbocycles. The maximum Gasteiger partial charge on any atom is 0.231 e. The molecule has 0 unspecified atom stereocenters. The fourth-order valence-electron chi connectivity index (χ4n) is 2.62. The van der Waals surface area contributed by atoms with Crippen molar-refractivity contribution in [2.45, 2.75) is 19.4 Å². The lowest BCUT2D eigenvalue weighted by Gasteiger charge is -2.30. The minimum absolute atomic E-state index is 0.108. The van der Waals surface area contributed by atoms with E-state index in [9.17, 15) is 4.79 Å². The van der Waals surface area contributed by atoms with Crippen LogP contribution in [0.2, 0.25) is 0 Å². The van der Waals surface area contributed by atoms with Gasteiger partial charge in [-0.2, -0.15) is 0 Å². The normalized spacial score (nSPS) is 14.2. The number of nitrogens with zero attached hydrogens (tertiary/aromatic N) is 1. The third-order valence-electron chi connectivity index (χ3n) is 3.61. The van der Waals surface area contributed by atoms with E-state index >= 15 is 0 Å². The van der Waals surface area contributed by atoms with Crippen LogP contribution in [0.4, 0.5) is 17.1 Å². The van der Waals surface area contributed by atoms with Crippen LogP contribution in [0.15, 0.2) is 42.5 Å². The van der Waals surface area contributed by atoms with Crippen molar-refractivity contribution in [3.05, 3.63) is 53.6 Å². The molecule has 1 heterocycles. The van der Waals surface area contributed by atoms with Crippen LogP contribution >= 0.6 is 0 Å². The number of fused-ring (bicyclic) bond motifs is 1. The second-order valence-electron chi connectivity index (χ2n) is 4.99. The first-order valence-electron chi connectivity index (χ1n) is 6.69. The largest absolute Gasteiger partial charge is 0.399 e. The van der Waals surface area contributed by atoms with Gasteiger partial charge in [0.1, 0.15) is 0 Å². The van der Waals surface area contributed by atoms with Gasteiger partial charge in [-0.05, 0) is 47.9 Å². The highest BCUT2D eigenvalue weighted by atomic mass is 16.2. The molecule has 1 aliphatic heterocycles. The van der Waals surface area contributed by atoms with E-state index in [0.717, 1.165) is 34.6 Å². The number of hydrogen-bond donors (Lipinski definition) is 2. The van der Waals surface area contributed by atoms with Crippen molar-refractivity contribution in [2.24, 2.45) is 5.73 Å². The number of aryl methyl sites for hydroxylation is 1. The van der Waals surface area contributed by atoms with Crippen LogP contribution in [0.3, 0.4) is 0 Å². The summed E-state index contributed by atoms with van der Waals surface area (Å²) in [4.78, 5) is 14.1. The fraction of sp³-hybridized carbons (Fsp3) is 0.188. The monoisotopic (exact) mass is 267 g/mol. The average Bonchev–Trinajstić information content (AvgIpc) is 2.47. The van der Waals surface area contributed by atoms with Gasteiger partial charge in [0.05, 0.1) is 5.69 Å². The van der Waals surface area contributed by atoms with Crippen LogP contribution in [0.1, 0.15) is 17.5 Å². The maximum atomic E-state index is 12.3. The number of benzene rings is 2. The molecule has 1 aliphatic rings. The molecule has 4 nitrogen and oxygen atoms in total. The smallest absolute Gasteiger partial charge is 0.231 e. The summed E-state index contributed by atoms with van der Waals surface area (Å²) in [5.74, 6) is 0.108. The van der Waals surface area contributed by atoms with Crippen LogP contribution in [0.5, 0.6) is 0 Å². The number of rotatable bonds is 2. The number of nitrogens with two attached hydrogens (primary N) is 2. The van der Waals surface area contributed by atoms with Gasteiger partial charge in [-0.15, -0.1) is 0 Å². The van der Waals surface area contributed by atoms with E-state index in [1.54, 1.807) is 4.90 Å². The predicted molar refractivity (Wildman–Crippen MR) is 80.7 cm³/mol. The molecule has 2 aromatic rings. The fourth-order valence-corrected chi connectivity index (χ4v) is 2.62. The first-order valence-corrected chi connectivity index (χ1v) is 6.69.